The molecule has 0 unspecified atom stereocenters. The van der Waals surface area contributed by atoms with Crippen LogP contribution in [0.15, 0.2) is 48.5 Å². The average Bonchev–Trinajstić information content (AvgIpc) is 2.50. The predicted octanol–water partition coefficient (Wildman–Crippen LogP) is 5.56. The summed E-state index contributed by atoms with van der Waals surface area (Å²) >= 11 is 12.0. The molecule has 0 nitrogen and oxygen atoms in total. The minimum atomic E-state index is 0.642. The van der Waals surface area contributed by atoms with Gasteiger partial charge in [0.05, 0.1) is 0 Å². The molecule has 3 aromatic carbocycles. The van der Waals surface area contributed by atoms with Gasteiger partial charge in [0.1, 0.15) is 0 Å². The zero-order valence-corrected chi connectivity index (χ0v) is 12.7. The van der Waals surface area contributed by atoms with E-state index in [0.29, 0.717) is 11.8 Å². The van der Waals surface area contributed by atoms with E-state index in [-0.39, 0.29) is 0 Å². The van der Waals surface area contributed by atoms with E-state index in [4.69, 9.17) is 23.2 Å². The van der Waals surface area contributed by atoms with Crippen molar-refractivity contribution in [1.29, 1.82) is 0 Å². The van der Waals surface area contributed by atoms with Crippen LogP contribution >= 0.6 is 23.2 Å². The van der Waals surface area contributed by atoms with Gasteiger partial charge in [-0.2, -0.15) is 0 Å². The van der Waals surface area contributed by atoms with E-state index >= 15 is 0 Å². The third kappa shape index (κ3) is 2.28. The lowest BCUT2D eigenvalue weighted by molar-refractivity contribution is 1.16. The Balaban J connectivity index is 2.47. The van der Waals surface area contributed by atoms with E-state index < -0.39 is 0 Å². The lowest BCUT2D eigenvalue weighted by Crippen LogP contribution is -1.97. The maximum atomic E-state index is 6.02. The molecule has 0 bridgehead atoms. The molecule has 0 aliphatic rings. The molecule has 0 fully saturated rings. The van der Waals surface area contributed by atoms with Crippen molar-refractivity contribution in [2.75, 3.05) is 11.8 Å². The van der Waals surface area contributed by atoms with E-state index in [1.807, 2.05) is 0 Å². The Hall–Kier alpha value is -1.24. The smallest absolute Gasteiger partial charge is 0.0264 e. The van der Waals surface area contributed by atoms with E-state index in [9.17, 15) is 0 Å². The van der Waals surface area contributed by atoms with Gasteiger partial charge in [-0.15, -0.1) is 23.2 Å². The molecule has 0 aliphatic carbocycles. The van der Waals surface area contributed by atoms with Crippen molar-refractivity contribution in [3.05, 3.63) is 59.7 Å². The molecule has 20 heavy (non-hydrogen) atoms. The highest BCUT2D eigenvalue weighted by Crippen LogP contribution is 2.33. The Morgan fingerprint density at radius 1 is 0.550 bits per heavy atom. The number of fused-ring (bicyclic) bond motifs is 2. The summed E-state index contributed by atoms with van der Waals surface area (Å²) in [4.78, 5) is 0. The van der Waals surface area contributed by atoms with Crippen LogP contribution in [0.4, 0.5) is 0 Å². The van der Waals surface area contributed by atoms with Crippen LogP contribution < -0.4 is 0 Å². The van der Waals surface area contributed by atoms with Gasteiger partial charge in [-0.05, 0) is 45.5 Å². The van der Waals surface area contributed by atoms with Gasteiger partial charge in [-0.1, -0.05) is 48.5 Å². The molecular formula is C18H16Cl2. The molecule has 0 spiro atoms. The molecule has 0 aliphatic heterocycles. The van der Waals surface area contributed by atoms with Crippen molar-refractivity contribution >= 4 is 44.7 Å². The fraction of sp³-hybridized carbons (Fsp3) is 0.222. The maximum Gasteiger partial charge on any atom is 0.0264 e. The molecule has 0 saturated heterocycles. The molecule has 0 atom stereocenters. The molecule has 3 aromatic rings. The van der Waals surface area contributed by atoms with Gasteiger partial charge in [0.2, 0.25) is 0 Å². The molecule has 0 radical (unpaired) electrons. The maximum absolute atomic E-state index is 6.02. The Morgan fingerprint density at radius 3 is 1.10 bits per heavy atom. The van der Waals surface area contributed by atoms with Gasteiger partial charge >= 0.3 is 0 Å². The van der Waals surface area contributed by atoms with Crippen LogP contribution in [0.2, 0.25) is 0 Å². The first kappa shape index (κ1) is 13.7. The standard InChI is InChI=1S/C18H16Cl2/c19-11-9-17-13-5-1-2-6-14(13)18(10-12-20)16-8-4-3-7-15(16)17/h1-8H,9-12H2. The minimum absolute atomic E-state index is 0.642. The highest BCUT2D eigenvalue weighted by Gasteiger charge is 2.12. The highest BCUT2D eigenvalue weighted by atomic mass is 35.5. The van der Waals surface area contributed by atoms with Gasteiger partial charge in [0, 0.05) is 11.8 Å². The molecular weight excluding hydrogens is 287 g/mol. The van der Waals surface area contributed by atoms with Crippen LogP contribution in [0.3, 0.4) is 0 Å². The lowest BCUT2D eigenvalue weighted by Gasteiger charge is -2.15. The first-order valence-corrected chi connectivity index (χ1v) is 7.97. The van der Waals surface area contributed by atoms with Crippen LogP contribution in [-0.2, 0) is 12.8 Å². The number of aryl methyl sites for hydroxylation is 2. The van der Waals surface area contributed by atoms with Gasteiger partial charge in [0.25, 0.3) is 0 Å². The summed E-state index contributed by atoms with van der Waals surface area (Å²) in [5.74, 6) is 1.28. The van der Waals surface area contributed by atoms with Gasteiger partial charge in [-0.3, -0.25) is 0 Å². The number of hydrogen-bond acceptors (Lipinski definition) is 0. The zero-order valence-electron chi connectivity index (χ0n) is 11.2. The Morgan fingerprint density at radius 2 is 0.850 bits per heavy atom. The molecule has 3 rings (SSSR count). The molecule has 0 N–H and O–H groups in total. The summed E-state index contributed by atoms with van der Waals surface area (Å²) < 4.78 is 0. The van der Waals surface area contributed by atoms with Crippen molar-refractivity contribution in [3.8, 4) is 0 Å². The zero-order chi connectivity index (χ0) is 13.9. The second-order valence-corrected chi connectivity index (χ2v) is 5.68. The molecule has 0 heterocycles. The quantitative estimate of drug-likeness (QED) is 0.437. The Labute approximate surface area is 129 Å². The summed E-state index contributed by atoms with van der Waals surface area (Å²) in [5, 5.41) is 5.25. The summed E-state index contributed by atoms with van der Waals surface area (Å²) in [6, 6.07) is 17.2. The minimum Gasteiger partial charge on any atom is -0.126 e. The Kier molecular flexibility index (Phi) is 4.14. The van der Waals surface area contributed by atoms with Crippen LogP contribution in [0.25, 0.3) is 21.5 Å². The number of alkyl halides is 2. The van der Waals surface area contributed by atoms with Crippen LogP contribution in [0.1, 0.15) is 11.1 Å². The van der Waals surface area contributed by atoms with Gasteiger partial charge in [-0.25, -0.2) is 0 Å². The third-order valence-corrected chi connectivity index (χ3v) is 4.22. The highest BCUT2D eigenvalue weighted by molar-refractivity contribution is 6.19. The fourth-order valence-electron chi connectivity index (χ4n) is 3.04. The van der Waals surface area contributed by atoms with E-state index in [2.05, 4.69) is 48.5 Å². The van der Waals surface area contributed by atoms with Crippen LogP contribution in [0.5, 0.6) is 0 Å². The van der Waals surface area contributed by atoms with Crippen molar-refractivity contribution in [2.45, 2.75) is 12.8 Å². The molecule has 0 saturated carbocycles. The van der Waals surface area contributed by atoms with Crippen LogP contribution in [-0.4, -0.2) is 11.8 Å². The number of hydrogen-bond donors (Lipinski definition) is 0. The lowest BCUT2D eigenvalue weighted by atomic mass is 9.90. The van der Waals surface area contributed by atoms with Gasteiger partial charge in [0.15, 0.2) is 0 Å². The Bertz CT molecular complexity index is 626. The van der Waals surface area contributed by atoms with E-state index in [0.717, 1.165) is 12.8 Å². The second-order valence-electron chi connectivity index (χ2n) is 4.93. The summed E-state index contributed by atoms with van der Waals surface area (Å²) in [7, 11) is 0. The van der Waals surface area contributed by atoms with Crippen molar-refractivity contribution in [1.82, 2.24) is 0 Å². The van der Waals surface area contributed by atoms with Crippen molar-refractivity contribution in [3.63, 3.8) is 0 Å². The summed E-state index contributed by atoms with van der Waals surface area (Å²) in [6.45, 7) is 0. The SMILES string of the molecule is ClCCc1c2ccccc2c(CCCl)c2ccccc12. The van der Waals surface area contributed by atoms with Crippen molar-refractivity contribution < 1.29 is 0 Å². The topological polar surface area (TPSA) is 0 Å². The first-order chi connectivity index (χ1) is 9.86. The molecule has 102 valence electrons. The fourth-order valence-corrected chi connectivity index (χ4v) is 3.41. The average molecular weight is 303 g/mol. The second kappa shape index (κ2) is 6.03. The monoisotopic (exact) mass is 302 g/mol. The van der Waals surface area contributed by atoms with E-state index in [1.165, 1.54) is 32.7 Å². The van der Waals surface area contributed by atoms with E-state index in [1.54, 1.807) is 0 Å². The van der Waals surface area contributed by atoms with Crippen molar-refractivity contribution in [2.24, 2.45) is 0 Å². The normalized spacial score (nSPS) is 11.3. The van der Waals surface area contributed by atoms with Gasteiger partial charge < -0.3 is 0 Å². The summed E-state index contributed by atoms with van der Waals surface area (Å²) in [6.07, 6.45) is 1.79. The third-order valence-electron chi connectivity index (χ3n) is 3.84. The molecule has 0 amide bonds. The number of rotatable bonds is 4. The summed E-state index contributed by atoms with van der Waals surface area (Å²) in [5.41, 5.74) is 2.70. The number of halogens is 2. The molecule has 0 aromatic heterocycles. The largest absolute Gasteiger partial charge is 0.126 e. The predicted molar refractivity (Wildman–Crippen MR) is 90.3 cm³/mol. The first-order valence-electron chi connectivity index (χ1n) is 6.90. The van der Waals surface area contributed by atoms with Crippen LogP contribution in [0, 0.1) is 0 Å². The molecule has 2 heteroatoms. The number of benzene rings is 3.